The van der Waals surface area contributed by atoms with Crippen LogP contribution in [0, 0.1) is 34.0 Å². The minimum atomic E-state index is -0.165. The lowest BCUT2D eigenvalue weighted by atomic mass is 10.1. The zero-order valence-electron chi connectivity index (χ0n) is 6.57. The molecule has 0 aliphatic heterocycles. The molecular formula is C9H4N4. The van der Waals surface area contributed by atoms with Crippen molar-refractivity contribution >= 4 is 5.57 Å². The molecule has 0 fully saturated rings. The van der Waals surface area contributed by atoms with E-state index >= 15 is 0 Å². The monoisotopic (exact) mass is 168 g/mol. The first-order valence-electron chi connectivity index (χ1n) is 3.41. The van der Waals surface area contributed by atoms with Crippen molar-refractivity contribution in [3.8, 4) is 18.2 Å². The van der Waals surface area contributed by atoms with E-state index in [4.69, 9.17) is 15.8 Å². The lowest BCUT2D eigenvalue weighted by Gasteiger charge is -1.90. The number of nitrogens with one attached hydrogen (secondary N) is 1. The van der Waals surface area contributed by atoms with Crippen LogP contribution < -0.4 is 0 Å². The van der Waals surface area contributed by atoms with Crippen molar-refractivity contribution in [2.45, 2.75) is 0 Å². The molecule has 1 aromatic heterocycles. The maximum absolute atomic E-state index is 8.71. The summed E-state index contributed by atoms with van der Waals surface area (Å²) < 4.78 is 0. The lowest BCUT2D eigenvalue weighted by Crippen LogP contribution is -1.83. The van der Waals surface area contributed by atoms with E-state index in [9.17, 15) is 0 Å². The highest BCUT2D eigenvalue weighted by atomic mass is 14.6. The van der Waals surface area contributed by atoms with Gasteiger partial charge in [-0.05, 0) is 6.07 Å². The number of hydrogen-bond acceptors (Lipinski definition) is 3. The summed E-state index contributed by atoms with van der Waals surface area (Å²) in [6.07, 6.45) is 3.19. The molecule has 0 saturated heterocycles. The Bertz CT molecular complexity index is 429. The Morgan fingerprint density at radius 2 is 1.85 bits per heavy atom. The van der Waals surface area contributed by atoms with E-state index in [1.807, 2.05) is 6.07 Å². The zero-order chi connectivity index (χ0) is 9.68. The number of nitriles is 3. The molecule has 0 aliphatic rings. The summed E-state index contributed by atoms with van der Waals surface area (Å²) in [6.45, 7) is 0. The topological polar surface area (TPSA) is 87.2 Å². The SMILES string of the molecule is N#CC(C#N)=C(C#N)c1cc[nH]c1. The van der Waals surface area contributed by atoms with Crippen molar-refractivity contribution in [2.24, 2.45) is 0 Å². The molecule has 0 spiro atoms. The Morgan fingerprint density at radius 1 is 1.15 bits per heavy atom. The molecule has 1 rings (SSSR count). The molecule has 0 atom stereocenters. The van der Waals surface area contributed by atoms with Crippen LogP contribution in [-0.4, -0.2) is 4.98 Å². The van der Waals surface area contributed by atoms with E-state index in [2.05, 4.69) is 4.98 Å². The molecule has 4 nitrogen and oxygen atoms in total. The molecule has 0 unspecified atom stereocenters. The van der Waals surface area contributed by atoms with Crippen LogP contribution in [0.5, 0.6) is 0 Å². The van der Waals surface area contributed by atoms with Gasteiger partial charge in [0.1, 0.15) is 23.8 Å². The second-order valence-electron chi connectivity index (χ2n) is 2.19. The van der Waals surface area contributed by atoms with E-state index in [0.29, 0.717) is 5.56 Å². The Morgan fingerprint density at radius 3 is 2.23 bits per heavy atom. The molecule has 0 amide bonds. The highest BCUT2D eigenvalue weighted by Gasteiger charge is 2.07. The van der Waals surface area contributed by atoms with Crippen molar-refractivity contribution in [1.82, 2.24) is 4.98 Å². The molecule has 1 aromatic rings. The van der Waals surface area contributed by atoms with Gasteiger partial charge in [-0.3, -0.25) is 0 Å². The summed E-state index contributed by atoms with van der Waals surface area (Å²) in [6, 6.07) is 6.80. The van der Waals surface area contributed by atoms with Crippen molar-refractivity contribution in [3.63, 3.8) is 0 Å². The standard InChI is InChI=1S/C9H4N4/c10-3-8(4-11)9(5-12)7-1-2-13-6-7/h1-2,6,13H. The highest BCUT2D eigenvalue weighted by molar-refractivity contribution is 5.83. The Balaban J connectivity index is 3.32. The predicted molar refractivity (Wildman–Crippen MR) is 44.6 cm³/mol. The van der Waals surface area contributed by atoms with Gasteiger partial charge < -0.3 is 4.98 Å². The molecule has 13 heavy (non-hydrogen) atoms. The molecule has 60 valence electrons. The van der Waals surface area contributed by atoms with Gasteiger partial charge in [-0.25, -0.2) is 0 Å². The van der Waals surface area contributed by atoms with Crippen LogP contribution in [0.15, 0.2) is 24.0 Å². The Hall–Kier alpha value is -2.51. The van der Waals surface area contributed by atoms with Crippen molar-refractivity contribution in [1.29, 1.82) is 15.8 Å². The van der Waals surface area contributed by atoms with E-state index < -0.39 is 0 Å². The third-order valence-corrected chi connectivity index (χ3v) is 1.47. The minimum absolute atomic E-state index is 0.103. The van der Waals surface area contributed by atoms with Gasteiger partial charge in [-0.15, -0.1) is 0 Å². The number of hydrogen-bond donors (Lipinski definition) is 1. The van der Waals surface area contributed by atoms with Gasteiger partial charge in [-0.1, -0.05) is 0 Å². The van der Waals surface area contributed by atoms with Crippen LogP contribution in [0.4, 0.5) is 0 Å². The van der Waals surface area contributed by atoms with Gasteiger partial charge in [0.15, 0.2) is 0 Å². The average Bonchev–Trinajstić information content (AvgIpc) is 2.66. The van der Waals surface area contributed by atoms with Crippen LogP contribution in [0.1, 0.15) is 5.56 Å². The number of aromatic amines is 1. The fourth-order valence-corrected chi connectivity index (χ4v) is 0.881. The van der Waals surface area contributed by atoms with E-state index in [1.54, 1.807) is 30.6 Å². The van der Waals surface area contributed by atoms with Crippen LogP contribution in [0.3, 0.4) is 0 Å². The first-order chi connectivity index (χ1) is 6.33. The molecular weight excluding hydrogens is 164 g/mol. The van der Waals surface area contributed by atoms with Crippen molar-refractivity contribution < 1.29 is 0 Å². The Kier molecular flexibility index (Phi) is 2.48. The first-order valence-corrected chi connectivity index (χ1v) is 3.41. The quantitative estimate of drug-likeness (QED) is 0.641. The smallest absolute Gasteiger partial charge is 0.148 e. The second-order valence-corrected chi connectivity index (χ2v) is 2.19. The third kappa shape index (κ3) is 1.56. The molecule has 1 heterocycles. The first kappa shape index (κ1) is 8.59. The van der Waals surface area contributed by atoms with Crippen LogP contribution in [-0.2, 0) is 0 Å². The summed E-state index contributed by atoms with van der Waals surface area (Å²) in [4.78, 5) is 2.74. The maximum Gasteiger partial charge on any atom is 0.148 e. The molecule has 0 radical (unpaired) electrons. The molecule has 4 heteroatoms. The number of nitrogens with zero attached hydrogens (tertiary/aromatic N) is 3. The average molecular weight is 168 g/mol. The highest BCUT2D eigenvalue weighted by Crippen LogP contribution is 2.16. The van der Waals surface area contributed by atoms with Gasteiger partial charge in [0, 0.05) is 18.0 Å². The van der Waals surface area contributed by atoms with Crippen molar-refractivity contribution in [3.05, 3.63) is 29.6 Å². The summed E-state index contributed by atoms with van der Waals surface area (Å²) in [5, 5.41) is 25.8. The summed E-state index contributed by atoms with van der Waals surface area (Å²) in [7, 11) is 0. The summed E-state index contributed by atoms with van der Waals surface area (Å²) >= 11 is 0. The zero-order valence-corrected chi connectivity index (χ0v) is 6.57. The van der Waals surface area contributed by atoms with Crippen LogP contribution in [0.2, 0.25) is 0 Å². The van der Waals surface area contributed by atoms with Gasteiger partial charge in [-0.2, -0.15) is 15.8 Å². The van der Waals surface area contributed by atoms with Crippen molar-refractivity contribution in [2.75, 3.05) is 0 Å². The van der Waals surface area contributed by atoms with Gasteiger partial charge in [0.2, 0.25) is 0 Å². The number of H-pyrrole nitrogens is 1. The predicted octanol–water partition coefficient (Wildman–Crippen LogP) is 1.34. The molecule has 0 aliphatic carbocycles. The molecule has 0 saturated carbocycles. The molecule has 0 aromatic carbocycles. The second kappa shape index (κ2) is 3.76. The van der Waals surface area contributed by atoms with Crippen LogP contribution >= 0.6 is 0 Å². The van der Waals surface area contributed by atoms with Gasteiger partial charge in [0.05, 0.1) is 5.57 Å². The number of allylic oxidation sites excluding steroid dienone is 2. The van der Waals surface area contributed by atoms with E-state index in [0.717, 1.165) is 0 Å². The fourth-order valence-electron chi connectivity index (χ4n) is 0.881. The summed E-state index contributed by atoms with van der Waals surface area (Å²) in [5.41, 5.74) is 0.494. The third-order valence-electron chi connectivity index (χ3n) is 1.47. The summed E-state index contributed by atoms with van der Waals surface area (Å²) in [5.74, 6) is 0. The Labute approximate surface area is 75.0 Å². The van der Waals surface area contributed by atoms with E-state index in [-0.39, 0.29) is 11.1 Å². The number of aromatic nitrogens is 1. The van der Waals surface area contributed by atoms with Gasteiger partial charge >= 0.3 is 0 Å². The lowest BCUT2D eigenvalue weighted by molar-refractivity contribution is 1.40. The van der Waals surface area contributed by atoms with E-state index in [1.165, 1.54) is 0 Å². The minimum Gasteiger partial charge on any atom is -0.367 e. The van der Waals surface area contributed by atoms with Gasteiger partial charge in [0.25, 0.3) is 0 Å². The maximum atomic E-state index is 8.71. The number of rotatable bonds is 1. The molecule has 1 N–H and O–H groups in total. The largest absolute Gasteiger partial charge is 0.367 e. The molecule has 0 bridgehead atoms. The fraction of sp³-hybridized carbons (Fsp3) is 0. The van der Waals surface area contributed by atoms with Crippen LogP contribution in [0.25, 0.3) is 5.57 Å². The normalized spacial score (nSPS) is 7.77.